The zero-order valence-electron chi connectivity index (χ0n) is 26.0. The second kappa shape index (κ2) is 19.2. The molecule has 40 heavy (non-hydrogen) atoms. The van der Waals surface area contributed by atoms with Crippen molar-refractivity contribution in [3.05, 3.63) is 71.0 Å². The highest BCUT2D eigenvalue weighted by Crippen LogP contribution is 2.23. The number of ether oxygens (including phenoxy) is 1. The zero-order chi connectivity index (χ0) is 30.1. The SMILES string of the molecule is CC.CC.CCn1c(CCC(=O)COc2ccc(C(C)C)cc2)nnc1SCC(=O)Cc1ccccc1C(C)C. The average molecular weight is 568 g/mol. The summed E-state index contributed by atoms with van der Waals surface area (Å²) in [6.45, 7) is 19.3. The molecule has 0 N–H and O–H groups in total. The first kappa shape index (κ1) is 35.1. The molecule has 3 rings (SSSR count). The molecule has 3 aromatic rings. The lowest BCUT2D eigenvalue weighted by Crippen LogP contribution is -2.14. The number of rotatable bonds is 14. The van der Waals surface area contributed by atoms with Gasteiger partial charge in [0.05, 0.1) is 5.75 Å². The minimum Gasteiger partial charge on any atom is -0.486 e. The number of hydrogen-bond donors (Lipinski definition) is 0. The van der Waals surface area contributed by atoms with Gasteiger partial charge in [-0.3, -0.25) is 9.59 Å². The molecule has 0 fully saturated rings. The van der Waals surface area contributed by atoms with Gasteiger partial charge in [-0.25, -0.2) is 0 Å². The summed E-state index contributed by atoms with van der Waals surface area (Å²) in [5.74, 6) is 2.81. The fourth-order valence-electron chi connectivity index (χ4n) is 4.03. The van der Waals surface area contributed by atoms with E-state index in [-0.39, 0.29) is 18.2 Å². The lowest BCUT2D eigenvalue weighted by molar-refractivity contribution is -0.121. The largest absolute Gasteiger partial charge is 0.486 e. The summed E-state index contributed by atoms with van der Waals surface area (Å²) in [6.07, 6.45) is 1.24. The molecule has 1 aromatic heterocycles. The summed E-state index contributed by atoms with van der Waals surface area (Å²) in [5, 5.41) is 9.29. The number of benzene rings is 2. The van der Waals surface area contributed by atoms with Gasteiger partial charge in [0.1, 0.15) is 24.0 Å². The van der Waals surface area contributed by atoms with Crippen LogP contribution in [-0.4, -0.2) is 38.7 Å². The summed E-state index contributed by atoms with van der Waals surface area (Å²) in [7, 11) is 0. The Labute approximate surface area is 246 Å². The van der Waals surface area contributed by atoms with Crippen LogP contribution in [0.2, 0.25) is 0 Å². The molecule has 0 aliphatic carbocycles. The Morgan fingerprint density at radius 3 is 2.12 bits per heavy atom. The quantitative estimate of drug-likeness (QED) is 0.183. The summed E-state index contributed by atoms with van der Waals surface area (Å²) < 4.78 is 7.64. The van der Waals surface area contributed by atoms with Gasteiger partial charge in [-0.15, -0.1) is 10.2 Å². The molecule has 0 aliphatic heterocycles. The Hall–Kier alpha value is -2.93. The van der Waals surface area contributed by atoms with Gasteiger partial charge < -0.3 is 9.30 Å². The van der Waals surface area contributed by atoms with E-state index >= 15 is 0 Å². The number of carbonyl (C=O) groups is 2. The molecule has 2 aromatic carbocycles. The van der Waals surface area contributed by atoms with Gasteiger partial charge in [-0.1, -0.05) is 104 Å². The Bertz CT molecular complexity index is 1150. The molecule has 7 heteroatoms. The lowest BCUT2D eigenvalue weighted by Gasteiger charge is -2.12. The van der Waals surface area contributed by atoms with Gasteiger partial charge in [0, 0.05) is 25.8 Å². The van der Waals surface area contributed by atoms with Gasteiger partial charge in [-0.2, -0.15) is 0 Å². The van der Waals surface area contributed by atoms with Crippen molar-refractivity contribution in [2.24, 2.45) is 0 Å². The topological polar surface area (TPSA) is 74.1 Å². The summed E-state index contributed by atoms with van der Waals surface area (Å²) >= 11 is 1.41. The highest BCUT2D eigenvalue weighted by atomic mass is 32.2. The fraction of sp³-hybridized carbons (Fsp3) is 0.515. The number of aromatic nitrogens is 3. The van der Waals surface area contributed by atoms with Gasteiger partial charge >= 0.3 is 0 Å². The fourth-order valence-corrected chi connectivity index (χ4v) is 4.91. The third-order valence-corrected chi connectivity index (χ3v) is 7.14. The van der Waals surface area contributed by atoms with Gasteiger partial charge in [-0.05, 0) is 47.6 Å². The van der Waals surface area contributed by atoms with E-state index in [0.717, 1.165) is 11.4 Å². The van der Waals surface area contributed by atoms with E-state index in [1.807, 2.05) is 81.7 Å². The van der Waals surface area contributed by atoms with Crippen LogP contribution in [-0.2, 0) is 29.0 Å². The molecule has 220 valence electrons. The maximum absolute atomic E-state index is 12.7. The van der Waals surface area contributed by atoms with Gasteiger partial charge in [0.2, 0.25) is 0 Å². The molecule has 0 saturated carbocycles. The first-order chi connectivity index (χ1) is 19.3. The average Bonchev–Trinajstić information content (AvgIpc) is 3.38. The third kappa shape index (κ3) is 11.3. The van der Waals surface area contributed by atoms with E-state index in [1.54, 1.807) is 0 Å². The molecule has 0 bridgehead atoms. The van der Waals surface area contributed by atoms with Crippen molar-refractivity contribution >= 4 is 23.3 Å². The van der Waals surface area contributed by atoms with Crippen LogP contribution in [0.25, 0.3) is 0 Å². The third-order valence-electron chi connectivity index (χ3n) is 6.11. The predicted molar refractivity (Wildman–Crippen MR) is 168 cm³/mol. The molecule has 6 nitrogen and oxygen atoms in total. The van der Waals surface area contributed by atoms with Gasteiger partial charge in [0.15, 0.2) is 10.9 Å². The number of carbonyl (C=O) groups excluding carboxylic acids is 2. The first-order valence-corrected chi connectivity index (χ1v) is 15.7. The van der Waals surface area contributed by atoms with Crippen LogP contribution in [0.1, 0.15) is 103 Å². The van der Waals surface area contributed by atoms with Crippen molar-refractivity contribution in [2.45, 2.75) is 105 Å². The number of Topliss-reactive ketones (excluding diaryl/α,β-unsaturated/α-hetero) is 2. The van der Waals surface area contributed by atoms with E-state index < -0.39 is 0 Å². The first-order valence-electron chi connectivity index (χ1n) is 14.7. The minimum absolute atomic E-state index is 0.0155. The van der Waals surface area contributed by atoms with Crippen LogP contribution in [0, 0.1) is 0 Å². The Morgan fingerprint density at radius 1 is 0.875 bits per heavy atom. The Kier molecular flexibility index (Phi) is 16.8. The second-order valence-electron chi connectivity index (χ2n) is 9.55. The van der Waals surface area contributed by atoms with Crippen LogP contribution in [0.4, 0.5) is 0 Å². The van der Waals surface area contributed by atoms with Crippen LogP contribution in [0.3, 0.4) is 0 Å². The number of hydrogen-bond acceptors (Lipinski definition) is 6. The van der Waals surface area contributed by atoms with Crippen LogP contribution in [0.5, 0.6) is 5.75 Å². The summed E-state index contributed by atoms with van der Waals surface area (Å²) in [4.78, 5) is 25.1. The molecule has 0 saturated heterocycles. The van der Waals surface area contributed by atoms with Crippen molar-refractivity contribution in [3.63, 3.8) is 0 Å². The molecule has 0 unspecified atom stereocenters. The standard InChI is InChI=1S/C29H37N3O3S.2C2H6/c1-6-32-28(16-13-24(33)18-35-26-14-11-22(12-15-26)20(2)3)30-31-29(32)36-19-25(34)17-23-9-7-8-10-27(23)21(4)5;2*1-2/h7-12,14-15,20-21H,6,13,16-19H2,1-5H3;2*1-2H3. The number of ketones is 2. The molecule has 0 radical (unpaired) electrons. The van der Waals surface area contributed by atoms with Crippen molar-refractivity contribution < 1.29 is 14.3 Å². The second-order valence-corrected chi connectivity index (χ2v) is 10.5. The zero-order valence-corrected chi connectivity index (χ0v) is 26.8. The van der Waals surface area contributed by atoms with Crippen LogP contribution >= 0.6 is 11.8 Å². The molecule has 0 amide bonds. The van der Waals surface area contributed by atoms with Gasteiger partial charge in [0.25, 0.3) is 0 Å². The molecular weight excluding hydrogens is 518 g/mol. The van der Waals surface area contributed by atoms with Crippen molar-refractivity contribution in [3.8, 4) is 5.75 Å². The maximum atomic E-state index is 12.7. The van der Waals surface area contributed by atoms with Crippen molar-refractivity contribution in [1.29, 1.82) is 0 Å². The van der Waals surface area contributed by atoms with Crippen molar-refractivity contribution in [2.75, 3.05) is 12.4 Å². The molecule has 0 aliphatic rings. The van der Waals surface area contributed by atoms with E-state index in [0.29, 0.717) is 54.3 Å². The van der Waals surface area contributed by atoms with E-state index in [2.05, 4.69) is 44.0 Å². The molecule has 0 spiro atoms. The minimum atomic E-state index is 0.0155. The van der Waals surface area contributed by atoms with E-state index in [4.69, 9.17) is 4.74 Å². The van der Waals surface area contributed by atoms with E-state index in [1.165, 1.54) is 22.9 Å². The Morgan fingerprint density at radius 2 is 1.52 bits per heavy atom. The number of aryl methyl sites for hydroxylation is 1. The predicted octanol–water partition coefficient (Wildman–Crippen LogP) is 8.08. The summed E-state index contributed by atoms with van der Waals surface area (Å²) in [5.41, 5.74) is 3.55. The smallest absolute Gasteiger partial charge is 0.191 e. The molecule has 0 atom stereocenters. The normalized spacial score (nSPS) is 10.5. The van der Waals surface area contributed by atoms with Crippen molar-refractivity contribution in [1.82, 2.24) is 14.8 Å². The number of nitrogens with zero attached hydrogens (tertiary/aromatic N) is 3. The number of thioether (sulfide) groups is 1. The van der Waals surface area contributed by atoms with Crippen LogP contribution in [0.15, 0.2) is 53.7 Å². The highest BCUT2D eigenvalue weighted by Gasteiger charge is 2.16. The highest BCUT2D eigenvalue weighted by molar-refractivity contribution is 7.99. The lowest BCUT2D eigenvalue weighted by atomic mass is 9.94. The Balaban J connectivity index is 0.00000191. The van der Waals surface area contributed by atoms with Crippen LogP contribution < -0.4 is 4.74 Å². The molecular formula is C33H49N3O3S. The monoisotopic (exact) mass is 567 g/mol. The van der Waals surface area contributed by atoms with E-state index in [9.17, 15) is 9.59 Å². The maximum Gasteiger partial charge on any atom is 0.191 e. The summed E-state index contributed by atoms with van der Waals surface area (Å²) in [6, 6.07) is 16.0. The molecule has 1 heterocycles.